The van der Waals surface area contributed by atoms with Crippen LogP contribution in [-0.4, -0.2) is 26.3 Å². The molecule has 0 unspecified atom stereocenters. The topological polar surface area (TPSA) is 21.3 Å². The van der Waals surface area contributed by atoms with Gasteiger partial charge in [-0.1, -0.05) is 25.5 Å². The Hall–Kier alpha value is -0.340. The molecule has 0 radical (unpaired) electrons. The molecule has 0 saturated carbocycles. The van der Waals surface area contributed by atoms with Crippen LogP contribution in [0.1, 0.15) is 34.1 Å². The Morgan fingerprint density at radius 3 is 2.71 bits per heavy atom. The minimum Gasteiger partial charge on any atom is -0.377 e. The Morgan fingerprint density at radius 2 is 2.14 bits per heavy atom. The van der Waals surface area contributed by atoms with Crippen molar-refractivity contribution in [3.8, 4) is 0 Å². The molecule has 2 heteroatoms. The van der Waals surface area contributed by atoms with Crippen LogP contribution in [0.4, 0.5) is 0 Å². The van der Waals surface area contributed by atoms with Crippen molar-refractivity contribution in [2.24, 2.45) is 5.92 Å². The van der Waals surface area contributed by atoms with E-state index in [0.29, 0.717) is 0 Å². The summed E-state index contributed by atoms with van der Waals surface area (Å²) in [6.07, 6.45) is 3.36. The molecule has 0 aromatic carbocycles. The smallest absolute Gasteiger partial charge is 0.0673 e. The van der Waals surface area contributed by atoms with E-state index in [1.807, 2.05) is 6.92 Å². The first-order valence-electron chi connectivity index (χ1n) is 5.60. The van der Waals surface area contributed by atoms with Gasteiger partial charge in [0.25, 0.3) is 0 Å². The fourth-order valence-electron chi connectivity index (χ4n) is 1.13. The SMILES string of the molecule is CCOCC(C)=CCCNCC(C)C. The molecule has 0 aliphatic carbocycles. The third-order valence-electron chi connectivity index (χ3n) is 1.90. The van der Waals surface area contributed by atoms with Gasteiger partial charge in [0.2, 0.25) is 0 Å². The average molecular weight is 199 g/mol. The second-order valence-electron chi connectivity index (χ2n) is 4.07. The van der Waals surface area contributed by atoms with Crippen molar-refractivity contribution in [3.05, 3.63) is 11.6 Å². The first kappa shape index (κ1) is 13.7. The predicted octanol–water partition coefficient (Wildman–Crippen LogP) is 2.60. The zero-order chi connectivity index (χ0) is 10.8. The van der Waals surface area contributed by atoms with E-state index in [1.54, 1.807) is 0 Å². The molecule has 0 amide bonds. The molecule has 0 atom stereocenters. The van der Waals surface area contributed by atoms with Crippen molar-refractivity contribution in [2.45, 2.75) is 34.1 Å². The maximum atomic E-state index is 5.30. The lowest BCUT2D eigenvalue weighted by Gasteiger charge is -2.06. The van der Waals surface area contributed by atoms with Gasteiger partial charge in [-0.15, -0.1) is 0 Å². The zero-order valence-electron chi connectivity index (χ0n) is 10.1. The molecule has 0 aliphatic heterocycles. The Labute approximate surface area is 88.7 Å². The van der Waals surface area contributed by atoms with E-state index in [2.05, 4.69) is 32.2 Å². The Bertz CT molecular complexity index is 152. The van der Waals surface area contributed by atoms with E-state index >= 15 is 0 Å². The molecule has 0 fully saturated rings. The van der Waals surface area contributed by atoms with Crippen molar-refractivity contribution in [1.29, 1.82) is 0 Å². The maximum absolute atomic E-state index is 5.30. The number of rotatable bonds is 8. The van der Waals surface area contributed by atoms with E-state index in [9.17, 15) is 0 Å². The van der Waals surface area contributed by atoms with Gasteiger partial charge in [0.05, 0.1) is 6.61 Å². The van der Waals surface area contributed by atoms with E-state index in [1.165, 1.54) is 5.57 Å². The Kier molecular flexibility index (Phi) is 9.00. The summed E-state index contributed by atoms with van der Waals surface area (Å²) in [5.74, 6) is 0.739. The van der Waals surface area contributed by atoms with Crippen molar-refractivity contribution in [3.63, 3.8) is 0 Å². The minimum absolute atomic E-state index is 0.739. The molecular formula is C12H25NO. The van der Waals surface area contributed by atoms with Crippen LogP contribution in [0.25, 0.3) is 0 Å². The molecule has 0 aromatic heterocycles. The van der Waals surface area contributed by atoms with Gasteiger partial charge >= 0.3 is 0 Å². The van der Waals surface area contributed by atoms with Crippen LogP contribution in [0.2, 0.25) is 0 Å². The summed E-state index contributed by atoms with van der Waals surface area (Å²) in [5.41, 5.74) is 1.33. The highest BCUT2D eigenvalue weighted by Crippen LogP contribution is 1.96. The summed E-state index contributed by atoms with van der Waals surface area (Å²) in [5, 5.41) is 3.41. The highest BCUT2D eigenvalue weighted by molar-refractivity contribution is 4.98. The minimum atomic E-state index is 0.739. The van der Waals surface area contributed by atoms with E-state index in [4.69, 9.17) is 4.74 Å². The summed E-state index contributed by atoms with van der Waals surface area (Å²) in [4.78, 5) is 0. The second kappa shape index (κ2) is 9.22. The van der Waals surface area contributed by atoms with Crippen LogP contribution in [0.15, 0.2) is 11.6 Å². The summed E-state index contributed by atoms with van der Waals surface area (Å²) in [6, 6.07) is 0. The fourth-order valence-corrected chi connectivity index (χ4v) is 1.13. The summed E-state index contributed by atoms with van der Waals surface area (Å²) in [7, 11) is 0. The normalized spacial score (nSPS) is 12.5. The third kappa shape index (κ3) is 9.75. The van der Waals surface area contributed by atoms with Gasteiger partial charge in [-0.05, 0) is 39.3 Å². The van der Waals surface area contributed by atoms with E-state index in [-0.39, 0.29) is 0 Å². The highest BCUT2D eigenvalue weighted by Gasteiger charge is 1.92. The van der Waals surface area contributed by atoms with E-state index < -0.39 is 0 Å². The van der Waals surface area contributed by atoms with Gasteiger partial charge in [0, 0.05) is 6.61 Å². The van der Waals surface area contributed by atoms with Crippen molar-refractivity contribution in [1.82, 2.24) is 5.32 Å². The van der Waals surface area contributed by atoms with Crippen LogP contribution < -0.4 is 5.32 Å². The van der Waals surface area contributed by atoms with Gasteiger partial charge in [0.15, 0.2) is 0 Å². The highest BCUT2D eigenvalue weighted by atomic mass is 16.5. The number of hydrogen-bond acceptors (Lipinski definition) is 2. The third-order valence-corrected chi connectivity index (χ3v) is 1.90. The molecule has 0 saturated heterocycles. The summed E-state index contributed by atoms with van der Waals surface area (Å²) < 4.78 is 5.30. The number of nitrogens with one attached hydrogen (secondary N) is 1. The van der Waals surface area contributed by atoms with Crippen molar-refractivity contribution < 1.29 is 4.74 Å². The molecule has 1 N–H and O–H groups in total. The first-order valence-corrected chi connectivity index (χ1v) is 5.60. The lowest BCUT2D eigenvalue weighted by molar-refractivity contribution is 0.170. The lowest BCUT2D eigenvalue weighted by Crippen LogP contribution is -2.20. The molecule has 0 aliphatic rings. The Morgan fingerprint density at radius 1 is 1.43 bits per heavy atom. The van der Waals surface area contributed by atoms with Gasteiger partial charge in [0.1, 0.15) is 0 Å². The lowest BCUT2D eigenvalue weighted by atomic mass is 10.2. The standard InChI is InChI=1S/C12H25NO/c1-5-14-10-12(4)7-6-8-13-9-11(2)3/h7,11,13H,5-6,8-10H2,1-4H3. The molecule has 14 heavy (non-hydrogen) atoms. The molecule has 0 rings (SSSR count). The summed E-state index contributed by atoms with van der Waals surface area (Å²) >= 11 is 0. The van der Waals surface area contributed by atoms with Crippen molar-refractivity contribution >= 4 is 0 Å². The molecule has 84 valence electrons. The van der Waals surface area contributed by atoms with Gasteiger partial charge in [-0.2, -0.15) is 0 Å². The first-order chi connectivity index (χ1) is 6.66. The second-order valence-corrected chi connectivity index (χ2v) is 4.07. The molecule has 0 spiro atoms. The van der Waals surface area contributed by atoms with Crippen molar-refractivity contribution in [2.75, 3.05) is 26.3 Å². The van der Waals surface area contributed by atoms with Crippen LogP contribution in [0.3, 0.4) is 0 Å². The molecule has 0 aromatic rings. The van der Waals surface area contributed by atoms with Gasteiger partial charge < -0.3 is 10.1 Å². The maximum Gasteiger partial charge on any atom is 0.0673 e. The van der Waals surface area contributed by atoms with Crippen LogP contribution >= 0.6 is 0 Å². The molecule has 2 nitrogen and oxygen atoms in total. The molecule has 0 heterocycles. The number of ether oxygens (including phenoxy) is 1. The largest absolute Gasteiger partial charge is 0.377 e. The zero-order valence-corrected chi connectivity index (χ0v) is 10.1. The van der Waals surface area contributed by atoms with Crippen LogP contribution in [0, 0.1) is 5.92 Å². The molecular weight excluding hydrogens is 174 g/mol. The monoisotopic (exact) mass is 199 g/mol. The summed E-state index contributed by atoms with van der Waals surface area (Å²) in [6.45, 7) is 12.4. The predicted molar refractivity (Wildman–Crippen MR) is 62.6 cm³/mol. The van der Waals surface area contributed by atoms with Crippen LogP contribution in [-0.2, 0) is 4.74 Å². The van der Waals surface area contributed by atoms with Gasteiger partial charge in [-0.3, -0.25) is 0 Å². The number of hydrogen-bond donors (Lipinski definition) is 1. The van der Waals surface area contributed by atoms with E-state index in [0.717, 1.165) is 38.6 Å². The quantitative estimate of drug-likeness (QED) is 0.479. The van der Waals surface area contributed by atoms with Crippen LogP contribution in [0.5, 0.6) is 0 Å². The van der Waals surface area contributed by atoms with Gasteiger partial charge in [-0.25, -0.2) is 0 Å². The Balaban J connectivity index is 3.32. The molecule has 0 bridgehead atoms. The average Bonchev–Trinajstić information content (AvgIpc) is 2.13. The fraction of sp³-hybridized carbons (Fsp3) is 0.833.